The number of rotatable bonds is 4. The summed E-state index contributed by atoms with van der Waals surface area (Å²) in [6.07, 6.45) is 2.23. The van der Waals surface area contributed by atoms with Crippen LogP contribution in [-0.2, 0) is 11.2 Å². The van der Waals surface area contributed by atoms with Crippen LogP contribution in [0.2, 0.25) is 0 Å². The van der Waals surface area contributed by atoms with E-state index in [0.29, 0.717) is 18.2 Å². The molecular weight excluding hydrogens is 262 g/mol. The Kier molecular flexibility index (Phi) is 3.91. The van der Waals surface area contributed by atoms with Gasteiger partial charge in [-0.3, -0.25) is 0 Å². The Balaban J connectivity index is 1.71. The van der Waals surface area contributed by atoms with Crippen molar-refractivity contribution < 1.29 is 9.53 Å². The van der Waals surface area contributed by atoms with Gasteiger partial charge >= 0.3 is 5.97 Å². The molecule has 1 aliphatic rings. The third kappa shape index (κ3) is 2.92. The van der Waals surface area contributed by atoms with Gasteiger partial charge in [0.2, 0.25) is 0 Å². The number of carbonyl (C=O) groups is 1. The molecule has 0 radical (unpaired) electrons. The first kappa shape index (κ1) is 13.7. The minimum Gasteiger partial charge on any atom is -0.462 e. The van der Waals surface area contributed by atoms with E-state index in [2.05, 4.69) is 29.6 Å². The molecule has 0 amide bonds. The highest BCUT2D eigenvalue weighted by Crippen LogP contribution is 2.33. The number of anilines is 1. The maximum Gasteiger partial charge on any atom is 0.338 e. The van der Waals surface area contributed by atoms with Gasteiger partial charge in [0.1, 0.15) is 0 Å². The van der Waals surface area contributed by atoms with E-state index in [1.54, 1.807) is 12.1 Å². The lowest BCUT2D eigenvalue weighted by molar-refractivity contribution is 0.0526. The lowest BCUT2D eigenvalue weighted by Crippen LogP contribution is -2.08. The van der Waals surface area contributed by atoms with Crippen molar-refractivity contribution in [3.8, 4) is 0 Å². The van der Waals surface area contributed by atoms with Gasteiger partial charge in [-0.2, -0.15) is 0 Å². The molecule has 108 valence electrons. The fourth-order valence-corrected chi connectivity index (χ4v) is 2.83. The van der Waals surface area contributed by atoms with E-state index >= 15 is 0 Å². The molecule has 1 unspecified atom stereocenters. The van der Waals surface area contributed by atoms with E-state index in [1.165, 1.54) is 11.1 Å². The molecule has 0 bridgehead atoms. The quantitative estimate of drug-likeness (QED) is 0.862. The Morgan fingerprint density at radius 3 is 2.71 bits per heavy atom. The first-order chi connectivity index (χ1) is 10.3. The first-order valence-corrected chi connectivity index (χ1v) is 7.39. The molecule has 21 heavy (non-hydrogen) atoms. The largest absolute Gasteiger partial charge is 0.462 e. The van der Waals surface area contributed by atoms with Gasteiger partial charge in [-0.25, -0.2) is 4.79 Å². The molecule has 1 aliphatic carbocycles. The van der Waals surface area contributed by atoms with Crippen LogP contribution in [0.25, 0.3) is 0 Å². The SMILES string of the molecule is CCOC(=O)c1ccc(NC2CCc3ccccc32)cc1. The number of hydrogen-bond donors (Lipinski definition) is 1. The topological polar surface area (TPSA) is 38.3 Å². The molecular formula is C18H19NO2. The van der Waals surface area contributed by atoms with Gasteiger partial charge in [0, 0.05) is 5.69 Å². The molecule has 0 aromatic heterocycles. The number of fused-ring (bicyclic) bond motifs is 1. The van der Waals surface area contributed by atoms with E-state index in [0.717, 1.165) is 18.5 Å². The highest BCUT2D eigenvalue weighted by atomic mass is 16.5. The standard InChI is InChI=1S/C18H19NO2/c1-2-21-18(20)14-7-10-15(11-8-14)19-17-12-9-13-5-3-4-6-16(13)17/h3-8,10-11,17,19H,2,9,12H2,1H3. The number of carbonyl (C=O) groups excluding carboxylic acids is 1. The maximum atomic E-state index is 11.6. The molecule has 0 spiro atoms. The van der Waals surface area contributed by atoms with E-state index < -0.39 is 0 Å². The highest BCUT2D eigenvalue weighted by Gasteiger charge is 2.21. The summed E-state index contributed by atoms with van der Waals surface area (Å²) in [6, 6.07) is 16.4. The van der Waals surface area contributed by atoms with Crippen LogP contribution in [0.1, 0.15) is 40.9 Å². The lowest BCUT2D eigenvalue weighted by Gasteiger charge is -2.15. The van der Waals surface area contributed by atoms with E-state index in [4.69, 9.17) is 4.74 Å². The zero-order valence-electron chi connectivity index (χ0n) is 12.1. The van der Waals surface area contributed by atoms with Gasteiger partial charge in [-0.05, 0) is 55.2 Å². The average molecular weight is 281 g/mol. The van der Waals surface area contributed by atoms with Crippen molar-refractivity contribution in [3.05, 3.63) is 65.2 Å². The van der Waals surface area contributed by atoms with Crippen molar-refractivity contribution in [1.82, 2.24) is 0 Å². The zero-order chi connectivity index (χ0) is 14.7. The number of esters is 1. The fraction of sp³-hybridized carbons (Fsp3) is 0.278. The Bertz CT molecular complexity index is 634. The van der Waals surface area contributed by atoms with Crippen molar-refractivity contribution >= 4 is 11.7 Å². The third-order valence-electron chi connectivity index (χ3n) is 3.87. The second-order valence-corrected chi connectivity index (χ2v) is 5.23. The number of hydrogen-bond acceptors (Lipinski definition) is 3. The molecule has 3 heteroatoms. The number of aryl methyl sites for hydroxylation is 1. The molecule has 0 saturated heterocycles. The van der Waals surface area contributed by atoms with Crippen LogP contribution >= 0.6 is 0 Å². The van der Waals surface area contributed by atoms with Crippen molar-refractivity contribution in [2.24, 2.45) is 0 Å². The molecule has 2 aromatic rings. The van der Waals surface area contributed by atoms with Gasteiger partial charge in [0.05, 0.1) is 18.2 Å². The van der Waals surface area contributed by atoms with Gasteiger partial charge in [0.25, 0.3) is 0 Å². The third-order valence-corrected chi connectivity index (χ3v) is 3.87. The molecule has 0 heterocycles. The normalized spacial score (nSPS) is 16.3. The molecule has 0 saturated carbocycles. The van der Waals surface area contributed by atoms with E-state index in [1.807, 2.05) is 19.1 Å². The highest BCUT2D eigenvalue weighted by molar-refractivity contribution is 5.89. The van der Waals surface area contributed by atoms with E-state index in [-0.39, 0.29) is 5.97 Å². The van der Waals surface area contributed by atoms with Gasteiger partial charge in [-0.15, -0.1) is 0 Å². The maximum absolute atomic E-state index is 11.6. The zero-order valence-corrected chi connectivity index (χ0v) is 12.1. The van der Waals surface area contributed by atoms with Crippen LogP contribution in [0.3, 0.4) is 0 Å². The van der Waals surface area contributed by atoms with E-state index in [9.17, 15) is 4.79 Å². The molecule has 0 fully saturated rings. The van der Waals surface area contributed by atoms with Crippen LogP contribution in [0.15, 0.2) is 48.5 Å². The average Bonchev–Trinajstić information content (AvgIpc) is 2.92. The second-order valence-electron chi connectivity index (χ2n) is 5.23. The number of nitrogens with one attached hydrogen (secondary N) is 1. The first-order valence-electron chi connectivity index (χ1n) is 7.39. The van der Waals surface area contributed by atoms with Gasteiger partial charge in [0.15, 0.2) is 0 Å². The van der Waals surface area contributed by atoms with Crippen molar-refractivity contribution in [1.29, 1.82) is 0 Å². The molecule has 3 nitrogen and oxygen atoms in total. The van der Waals surface area contributed by atoms with Crippen LogP contribution in [0.4, 0.5) is 5.69 Å². The Labute approximate surface area is 124 Å². The Morgan fingerprint density at radius 2 is 1.95 bits per heavy atom. The van der Waals surface area contributed by atoms with Crippen molar-refractivity contribution in [2.45, 2.75) is 25.8 Å². The molecule has 1 N–H and O–H groups in total. The molecule has 2 aromatic carbocycles. The summed E-state index contributed by atoms with van der Waals surface area (Å²) in [5, 5.41) is 3.54. The van der Waals surface area contributed by atoms with Crippen LogP contribution in [0, 0.1) is 0 Å². The fourth-order valence-electron chi connectivity index (χ4n) is 2.83. The molecule has 3 rings (SSSR count). The predicted octanol–water partition coefficient (Wildman–Crippen LogP) is 3.96. The summed E-state index contributed by atoms with van der Waals surface area (Å²) in [4.78, 5) is 11.6. The summed E-state index contributed by atoms with van der Waals surface area (Å²) >= 11 is 0. The lowest BCUT2D eigenvalue weighted by atomic mass is 10.1. The minimum absolute atomic E-state index is 0.268. The smallest absolute Gasteiger partial charge is 0.338 e. The van der Waals surface area contributed by atoms with Gasteiger partial charge < -0.3 is 10.1 Å². The summed E-state index contributed by atoms with van der Waals surface area (Å²) in [5.74, 6) is -0.268. The van der Waals surface area contributed by atoms with Crippen molar-refractivity contribution in [3.63, 3.8) is 0 Å². The second kappa shape index (κ2) is 6.00. The minimum atomic E-state index is -0.268. The van der Waals surface area contributed by atoms with Crippen molar-refractivity contribution in [2.75, 3.05) is 11.9 Å². The van der Waals surface area contributed by atoms with Gasteiger partial charge in [-0.1, -0.05) is 24.3 Å². The summed E-state index contributed by atoms with van der Waals surface area (Å²) in [7, 11) is 0. The Morgan fingerprint density at radius 1 is 1.19 bits per heavy atom. The Hall–Kier alpha value is -2.29. The van der Waals surface area contributed by atoms with Crippen LogP contribution < -0.4 is 5.32 Å². The summed E-state index contributed by atoms with van der Waals surface area (Å²) in [6.45, 7) is 2.21. The van der Waals surface area contributed by atoms with Crippen LogP contribution in [-0.4, -0.2) is 12.6 Å². The summed E-state index contributed by atoms with van der Waals surface area (Å²) in [5.41, 5.74) is 4.43. The number of benzene rings is 2. The molecule has 1 atom stereocenters. The van der Waals surface area contributed by atoms with Crippen LogP contribution in [0.5, 0.6) is 0 Å². The number of ether oxygens (including phenoxy) is 1. The predicted molar refractivity (Wildman–Crippen MR) is 83.5 cm³/mol. The molecule has 0 aliphatic heterocycles. The monoisotopic (exact) mass is 281 g/mol. The summed E-state index contributed by atoms with van der Waals surface area (Å²) < 4.78 is 4.99.